The van der Waals surface area contributed by atoms with Crippen molar-refractivity contribution in [2.75, 3.05) is 19.3 Å². The summed E-state index contributed by atoms with van der Waals surface area (Å²) in [5.41, 5.74) is 3.16. The Labute approximate surface area is 172 Å². The third kappa shape index (κ3) is 5.71. The van der Waals surface area contributed by atoms with E-state index in [0.717, 1.165) is 22.9 Å². The molecule has 1 N–H and O–H groups in total. The van der Waals surface area contributed by atoms with Crippen molar-refractivity contribution in [3.63, 3.8) is 0 Å². The van der Waals surface area contributed by atoms with E-state index >= 15 is 0 Å². The number of hydrogen-bond acceptors (Lipinski definition) is 7. The first-order chi connectivity index (χ1) is 13.9. The molecule has 8 nitrogen and oxygen atoms in total. The summed E-state index contributed by atoms with van der Waals surface area (Å²) in [5, 5.41) is 11.0. The van der Waals surface area contributed by atoms with E-state index in [1.54, 1.807) is 19.2 Å². The molecule has 0 saturated heterocycles. The predicted molar refractivity (Wildman–Crippen MR) is 108 cm³/mol. The highest BCUT2D eigenvalue weighted by Crippen LogP contribution is 2.24. The second-order valence-corrected chi connectivity index (χ2v) is 7.49. The first kappa shape index (κ1) is 20.7. The number of carbonyl (C=O) groups excluding carboxylic acids is 2. The van der Waals surface area contributed by atoms with Crippen LogP contribution in [0, 0.1) is 13.8 Å². The zero-order chi connectivity index (χ0) is 20.8. The standard InChI is InChI=1S/C20H22N4O4S/c1-13-6-7-15(9-14(13)2)19-22-23-20(28-19)29-12-18(26)24(3)11-17(25)21-10-16-5-4-8-27-16/h4-9H,10-12H2,1-3H3,(H,21,25). The number of carbonyl (C=O) groups is 2. The van der Waals surface area contributed by atoms with E-state index in [1.165, 1.54) is 16.7 Å². The van der Waals surface area contributed by atoms with Crippen LogP contribution in [0.5, 0.6) is 0 Å². The number of nitrogens with zero attached hydrogens (tertiary/aromatic N) is 3. The lowest BCUT2D eigenvalue weighted by Crippen LogP contribution is -2.38. The van der Waals surface area contributed by atoms with Crippen LogP contribution in [0.2, 0.25) is 0 Å². The van der Waals surface area contributed by atoms with Crippen molar-refractivity contribution in [2.45, 2.75) is 25.6 Å². The Hall–Kier alpha value is -3.07. The molecule has 0 aliphatic rings. The molecule has 0 aliphatic carbocycles. The van der Waals surface area contributed by atoms with Crippen molar-refractivity contribution in [3.8, 4) is 11.5 Å². The number of hydrogen-bond donors (Lipinski definition) is 1. The second kappa shape index (κ2) is 9.42. The Morgan fingerprint density at radius 1 is 1.17 bits per heavy atom. The van der Waals surface area contributed by atoms with Gasteiger partial charge in [0.15, 0.2) is 0 Å². The third-order valence-corrected chi connectivity index (χ3v) is 5.13. The molecule has 0 aliphatic heterocycles. The summed E-state index contributed by atoms with van der Waals surface area (Å²) >= 11 is 1.14. The molecule has 9 heteroatoms. The van der Waals surface area contributed by atoms with E-state index in [1.807, 2.05) is 32.0 Å². The number of aromatic nitrogens is 2. The average Bonchev–Trinajstić information content (AvgIpc) is 3.38. The molecule has 3 rings (SSSR count). The Balaban J connectivity index is 1.46. The van der Waals surface area contributed by atoms with Gasteiger partial charge in [-0.2, -0.15) is 0 Å². The Bertz CT molecular complexity index is 984. The van der Waals surface area contributed by atoms with Gasteiger partial charge >= 0.3 is 0 Å². The van der Waals surface area contributed by atoms with E-state index in [9.17, 15) is 9.59 Å². The summed E-state index contributed by atoms with van der Waals surface area (Å²) in [6.07, 6.45) is 1.54. The summed E-state index contributed by atoms with van der Waals surface area (Å²) in [4.78, 5) is 25.6. The monoisotopic (exact) mass is 414 g/mol. The number of benzene rings is 1. The molecule has 2 heterocycles. The van der Waals surface area contributed by atoms with Gasteiger partial charge in [-0.25, -0.2) is 0 Å². The molecule has 0 unspecified atom stereocenters. The van der Waals surface area contributed by atoms with Crippen LogP contribution >= 0.6 is 11.8 Å². The highest BCUT2D eigenvalue weighted by Gasteiger charge is 2.16. The normalized spacial score (nSPS) is 10.7. The molecular weight excluding hydrogens is 392 g/mol. The van der Waals surface area contributed by atoms with Crippen molar-refractivity contribution in [1.82, 2.24) is 20.4 Å². The summed E-state index contributed by atoms with van der Waals surface area (Å²) in [6, 6.07) is 9.42. The molecule has 29 heavy (non-hydrogen) atoms. The number of aryl methyl sites for hydroxylation is 2. The van der Waals surface area contributed by atoms with Gasteiger partial charge in [0.1, 0.15) is 5.76 Å². The lowest BCUT2D eigenvalue weighted by Gasteiger charge is -2.15. The number of likely N-dealkylation sites (N-methyl/N-ethyl adjacent to an activating group) is 1. The summed E-state index contributed by atoms with van der Waals surface area (Å²) < 4.78 is 10.8. The van der Waals surface area contributed by atoms with Crippen LogP contribution in [-0.2, 0) is 16.1 Å². The van der Waals surface area contributed by atoms with Gasteiger partial charge in [0.05, 0.1) is 25.1 Å². The molecule has 0 spiro atoms. The van der Waals surface area contributed by atoms with Gasteiger partial charge < -0.3 is 19.1 Å². The lowest BCUT2D eigenvalue weighted by atomic mass is 10.1. The summed E-state index contributed by atoms with van der Waals surface area (Å²) in [7, 11) is 1.57. The van der Waals surface area contributed by atoms with Gasteiger partial charge in [-0.05, 0) is 49.2 Å². The van der Waals surface area contributed by atoms with Crippen LogP contribution in [-0.4, -0.2) is 46.3 Å². The smallest absolute Gasteiger partial charge is 0.277 e. The van der Waals surface area contributed by atoms with Crippen molar-refractivity contribution < 1.29 is 18.4 Å². The largest absolute Gasteiger partial charge is 0.467 e. The zero-order valence-electron chi connectivity index (χ0n) is 16.5. The fourth-order valence-electron chi connectivity index (χ4n) is 2.45. The molecule has 0 saturated carbocycles. The van der Waals surface area contributed by atoms with E-state index in [0.29, 0.717) is 16.9 Å². The van der Waals surface area contributed by atoms with E-state index < -0.39 is 0 Å². The maximum Gasteiger partial charge on any atom is 0.277 e. The Morgan fingerprint density at radius 2 is 2.00 bits per heavy atom. The zero-order valence-corrected chi connectivity index (χ0v) is 17.3. The van der Waals surface area contributed by atoms with Gasteiger partial charge in [-0.1, -0.05) is 17.8 Å². The minimum Gasteiger partial charge on any atom is -0.467 e. The fourth-order valence-corrected chi connectivity index (χ4v) is 3.15. The first-order valence-corrected chi connectivity index (χ1v) is 9.98. The van der Waals surface area contributed by atoms with Crippen LogP contribution in [0.1, 0.15) is 16.9 Å². The molecule has 3 aromatic rings. The molecule has 152 valence electrons. The van der Waals surface area contributed by atoms with Gasteiger partial charge in [0.25, 0.3) is 5.22 Å². The van der Waals surface area contributed by atoms with Crippen LogP contribution in [0.25, 0.3) is 11.5 Å². The van der Waals surface area contributed by atoms with Crippen LogP contribution in [0.4, 0.5) is 0 Å². The average molecular weight is 414 g/mol. The minimum atomic E-state index is -0.267. The summed E-state index contributed by atoms with van der Waals surface area (Å²) in [5.74, 6) is 0.676. The number of nitrogens with one attached hydrogen (secondary N) is 1. The van der Waals surface area contributed by atoms with Gasteiger partial charge in [-0.15, -0.1) is 10.2 Å². The van der Waals surface area contributed by atoms with Crippen molar-refractivity contribution >= 4 is 23.6 Å². The molecule has 0 atom stereocenters. The van der Waals surface area contributed by atoms with Gasteiger partial charge in [0, 0.05) is 12.6 Å². The molecular formula is C20H22N4O4S. The first-order valence-electron chi connectivity index (χ1n) is 8.99. The quantitative estimate of drug-likeness (QED) is 0.566. The highest BCUT2D eigenvalue weighted by molar-refractivity contribution is 7.99. The predicted octanol–water partition coefficient (Wildman–Crippen LogP) is 2.81. The Morgan fingerprint density at radius 3 is 2.72 bits per heavy atom. The SMILES string of the molecule is Cc1ccc(-c2nnc(SCC(=O)N(C)CC(=O)NCc3ccco3)o2)cc1C. The van der Waals surface area contributed by atoms with Crippen molar-refractivity contribution in [3.05, 3.63) is 53.5 Å². The second-order valence-electron chi connectivity index (χ2n) is 6.57. The van der Waals surface area contributed by atoms with Crippen molar-refractivity contribution in [1.29, 1.82) is 0 Å². The minimum absolute atomic E-state index is 0.0438. The topological polar surface area (TPSA) is 101 Å². The van der Waals surface area contributed by atoms with E-state index in [4.69, 9.17) is 8.83 Å². The molecule has 0 radical (unpaired) electrons. The third-order valence-electron chi connectivity index (χ3n) is 4.33. The van der Waals surface area contributed by atoms with Crippen LogP contribution in [0.3, 0.4) is 0 Å². The fraction of sp³-hybridized carbons (Fsp3) is 0.300. The summed E-state index contributed by atoms with van der Waals surface area (Å²) in [6.45, 7) is 4.29. The van der Waals surface area contributed by atoms with Crippen LogP contribution in [0.15, 0.2) is 50.7 Å². The molecule has 2 aromatic heterocycles. The number of furan rings is 1. The lowest BCUT2D eigenvalue weighted by molar-refractivity contribution is -0.132. The molecule has 2 amide bonds. The Kier molecular flexibility index (Phi) is 6.71. The van der Waals surface area contributed by atoms with Gasteiger partial charge in [-0.3, -0.25) is 9.59 Å². The number of amides is 2. The van der Waals surface area contributed by atoms with Gasteiger partial charge in [0.2, 0.25) is 17.7 Å². The van der Waals surface area contributed by atoms with Crippen molar-refractivity contribution in [2.24, 2.45) is 0 Å². The molecule has 0 fully saturated rings. The van der Waals surface area contributed by atoms with E-state index in [2.05, 4.69) is 15.5 Å². The van der Waals surface area contributed by atoms with E-state index in [-0.39, 0.29) is 30.7 Å². The molecule has 1 aromatic carbocycles. The molecule has 0 bridgehead atoms. The number of rotatable bonds is 8. The highest BCUT2D eigenvalue weighted by atomic mass is 32.2. The number of thioether (sulfide) groups is 1. The maximum absolute atomic E-state index is 12.3. The maximum atomic E-state index is 12.3. The van der Waals surface area contributed by atoms with Crippen LogP contribution < -0.4 is 5.32 Å².